The summed E-state index contributed by atoms with van der Waals surface area (Å²) in [5.74, 6) is 0.263. The molecule has 96 valence electrons. The van der Waals surface area contributed by atoms with Crippen LogP contribution in [-0.4, -0.2) is 18.7 Å². The van der Waals surface area contributed by atoms with E-state index in [2.05, 4.69) is 0 Å². The lowest BCUT2D eigenvalue weighted by atomic mass is 10.0. The van der Waals surface area contributed by atoms with Gasteiger partial charge >= 0.3 is 0 Å². The number of likely N-dealkylation sites (N-methyl/N-ethyl adjacent to an activating group) is 1. The molecule has 3 rings (SSSR count). The molecule has 1 aromatic heterocycles. The molecule has 0 N–H and O–H groups in total. The molecule has 0 radical (unpaired) electrons. The zero-order valence-electron chi connectivity index (χ0n) is 10.8. The predicted molar refractivity (Wildman–Crippen MR) is 70.4 cm³/mol. The van der Waals surface area contributed by atoms with E-state index in [1.54, 1.807) is 30.1 Å². The number of furan rings is 1. The molecular formula is C15H13NO3. The summed E-state index contributed by atoms with van der Waals surface area (Å²) in [5, 5.41) is 0. The molecule has 2 heterocycles. The Kier molecular flexibility index (Phi) is 2.52. The smallest absolute Gasteiger partial charge is 0.231 e. The topological polar surface area (TPSA) is 50.5 Å². The highest BCUT2D eigenvalue weighted by Gasteiger charge is 2.25. The summed E-state index contributed by atoms with van der Waals surface area (Å²) in [6.07, 6.45) is 1.86. The Morgan fingerprint density at radius 1 is 1.32 bits per heavy atom. The number of anilines is 1. The Morgan fingerprint density at radius 2 is 2.11 bits per heavy atom. The van der Waals surface area contributed by atoms with Gasteiger partial charge in [-0.2, -0.15) is 0 Å². The Morgan fingerprint density at radius 3 is 2.79 bits per heavy atom. The number of carbonyl (C=O) groups excluding carboxylic acids is 2. The van der Waals surface area contributed by atoms with Crippen molar-refractivity contribution in [2.24, 2.45) is 0 Å². The van der Waals surface area contributed by atoms with E-state index < -0.39 is 0 Å². The second kappa shape index (κ2) is 4.09. The van der Waals surface area contributed by atoms with Crippen LogP contribution in [0.4, 0.5) is 5.69 Å². The van der Waals surface area contributed by atoms with Crippen molar-refractivity contribution in [1.82, 2.24) is 0 Å². The van der Waals surface area contributed by atoms with Crippen molar-refractivity contribution in [2.75, 3.05) is 11.9 Å². The van der Waals surface area contributed by atoms with Crippen LogP contribution in [-0.2, 0) is 11.2 Å². The van der Waals surface area contributed by atoms with Crippen LogP contribution in [0.5, 0.6) is 0 Å². The van der Waals surface area contributed by atoms with Gasteiger partial charge in [0.25, 0.3) is 0 Å². The number of nitrogens with zero attached hydrogens (tertiary/aromatic N) is 1. The standard InChI is InChI=1S/C15H13NO3/c1-9-5-6-19-15(9)14(18)10-3-4-12-11(7-10)8-13(17)16(12)2/h3-7H,8H2,1-2H3. The second-order valence-electron chi connectivity index (χ2n) is 4.73. The van der Waals surface area contributed by atoms with Gasteiger partial charge in [0.1, 0.15) is 0 Å². The lowest BCUT2D eigenvalue weighted by Gasteiger charge is -2.10. The zero-order chi connectivity index (χ0) is 13.6. The Bertz CT molecular complexity index is 684. The first-order valence-corrected chi connectivity index (χ1v) is 6.06. The molecule has 0 atom stereocenters. The first-order chi connectivity index (χ1) is 9.08. The highest BCUT2D eigenvalue weighted by molar-refractivity contribution is 6.09. The third-order valence-corrected chi connectivity index (χ3v) is 3.49. The average Bonchev–Trinajstić information content (AvgIpc) is 2.93. The van der Waals surface area contributed by atoms with Gasteiger partial charge in [-0.25, -0.2) is 0 Å². The highest BCUT2D eigenvalue weighted by atomic mass is 16.3. The minimum atomic E-state index is -0.146. The van der Waals surface area contributed by atoms with Gasteiger partial charge in [-0.1, -0.05) is 0 Å². The van der Waals surface area contributed by atoms with Gasteiger partial charge in [-0.15, -0.1) is 0 Å². The molecule has 1 aromatic carbocycles. The second-order valence-corrected chi connectivity index (χ2v) is 4.73. The van der Waals surface area contributed by atoms with E-state index >= 15 is 0 Å². The summed E-state index contributed by atoms with van der Waals surface area (Å²) in [6.45, 7) is 1.83. The predicted octanol–water partition coefficient (Wildman–Crippen LogP) is 2.34. The number of carbonyl (C=O) groups is 2. The molecule has 0 spiro atoms. The fourth-order valence-electron chi connectivity index (χ4n) is 2.35. The SMILES string of the molecule is Cc1ccoc1C(=O)c1ccc2c(c1)CC(=O)N2C. The van der Waals surface area contributed by atoms with Gasteiger partial charge in [0.15, 0.2) is 5.76 Å². The number of hydrogen-bond acceptors (Lipinski definition) is 3. The van der Waals surface area contributed by atoms with Crippen molar-refractivity contribution in [3.63, 3.8) is 0 Å². The average molecular weight is 255 g/mol. The molecule has 0 unspecified atom stereocenters. The van der Waals surface area contributed by atoms with Crippen LogP contribution in [0.25, 0.3) is 0 Å². The van der Waals surface area contributed by atoms with Crippen molar-refractivity contribution in [3.05, 3.63) is 53.0 Å². The third-order valence-electron chi connectivity index (χ3n) is 3.49. The van der Waals surface area contributed by atoms with Crippen LogP contribution in [0.3, 0.4) is 0 Å². The van der Waals surface area contributed by atoms with Gasteiger partial charge in [0.2, 0.25) is 11.7 Å². The number of aryl methyl sites for hydroxylation is 1. The van der Waals surface area contributed by atoms with Gasteiger partial charge < -0.3 is 9.32 Å². The molecule has 4 heteroatoms. The van der Waals surface area contributed by atoms with Crippen molar-refractivity contribution < 1.29 is 14.0 Å². The summed E-state index contributed by atoms with van der Waals surface area (Å²) in [6, 6.07) is 7.09. The van der Waals surface area contributed by atoms with Gasteiger partial charge in [-0.05, 0) is 42.3 Å². The van der Waals surface area contributed by atoms with Crippen LogP contribution in [0, 0.1) is 6.92 Å². The number of hydrogen-bond donors (Lipinski definition) is 0. The lowest BCUT2D eigenvalue weighted by molar-refractivity contribution is -0.117. The van der Waals surface area contributed by atoms with Crippen molar-refractivity contribution >= 4 is 17.4 Å². The lowest BCUT2D eigenvalue weighted by Crippen LogP contribution is -2.20. The minimum Gasteiger partial charge on any atom is -0.461 e. The molecule has 1 amide bonds. The van der Waals surface area contributed by atoms with E-state index in [0.717, 1.165) is 16.8 Å². The van der Waals surface area contributed by atoms with E-state index in [9.17, 15) is 9.59 Å². The Labute approximate surface area is 110 Å². The molecular weight excluding hydrogens is 242 g/mol. The van der Waals surface area contributed by atoms with Crippen molar-refractivity contribution in [3.8, 4) is 0 Å². The largest absolute Gasteiger partial charge is 0.461 e. The summed E-state index contributed by atoms with van der Waals surface area (Å²) in [4.78, 5) is 25.5. The fraction of sp³-hybridized carbons (Fsp3) is 0.200. The van der Waals surface area contributed by atoms with E-state index in [1.165, 1.54) is 6.26 Å². The van der Waals surface area contributed by atoms with Crippen molar-refractivity contribution in [1.29, 1.82) is 0 Å². The first kappa shape index (κ1) is 11.7. The zero-order valence-corrected chi connectivity index (χ0v) is 10.8. The van der Waals surface area contributed by atoms with Crippen molar-refractivity contribution in [2.45, 2.75) is 13.3 Å². The number of benzene rings is 1. The molecule has 0 saturated carbocycles. The summed E-state index contributed by atoms with van der Waals surface area (Å²) in [7, 11) is 1.74. The number of fused-ring (bicyclic) bond motifs is 1. The third kappa shape index (κ3) is 1.76. The maximum atomic E-state index is 12.3. The minimum absolute atomic E-state index is 0.0498. The van der Waals surface area contributed by atoms with Crippen LogP contribution in [0.2, 0.25) is 0 Å². The van der Waals surface area contributed by atoms with E-state index in [-0.39, 0.29) is 11.7 Å². The summed E-state index contributed by atoms with van der Waals surface area (Å²) < 4.78 is 5.22. The Balaban J connectivity index is 2.01. The van der Waals surface area contributed by atoms with Gasteiger partial charge in [-0.3, -0.25) is 9.59 Å². The van der Waals surface area contributed by atoms with Gasteiger partial charge in [0.05, 0.1) is 12.7 Å². The summed E-state index contributed by atoms with van der Waals surface area (Å²) >= 11 is 0. The number of ketones is 1. The molecule has 2 aromatic rings. The maximum Gasteiger partial charge on any atom is 0.231 e. The fourth-order valence-corrected chi connectivity index (χ4v) is 2.35. The van der Waals surface area contributed by atoms with E-state index in [0.29, 0.717) is 17.7 Å². The maximum absolute atomic E-state index is 12.3. The molecule has 0 aliphatic carbocycles. The molecule has 0 saturated heterocycles. The normalized spacial score (nSPS) is 13.8. The molecule has 0 bridgehead atoms. The molecule has 0 fully saturated rings. The van der Waals surface area contributed by atoms with Gasteiger partial charge in [0, 0.05) is 18.3 Å². The first-order valence-electron chi connectivity index (χ1n) is 6.06. The highest BCUT2D eigenvalue weighted by Crippen LogP contribution is 2.29. The van der Waals surface area contributed by atoms with Crippen LogP contribution in [0.1, 0.15) is 27.2 Å². The van der Waals surface area contributed by atoms with E-state index in [4.69, 9.17) is 4.42 Å². The van der Waals surface area contributed by atoms with Crippen LogP contribution >= 0.6 is 0 Å². The molecule has 1 aliphatic rings. The Hall–Kier alpha value is -2.36. The molecule has 19 heavy (non-hydrogen) atoms. The molecule has 1 aliphatic heterocycles. The van der Waals surface area contributed by atoms with Crippen LogP contribution in [0.15, 0.2) is 34.9 Å². The summed E-state index contributed by atoms with van der Waals surface area (Å²) in [5.41, 5.74) is 3.14. The number of amides is 1. The quantitative estimate of drug-likeness (QED) is 0.774. The monoisotopic (exact) mass is 255 g/mol. The van der Waals surface area contributed by atoms with Crippen LogP contribution < -0.4 is 4.90 Å². The van der Waals surface area contributed by atoms with E-state index in [1.807, 2.05) is 13.0 Å². The number of rotatable bonds is 2. The molecule has 4 nitrogen and oxygen atoms in total.